The summed E-state index contributed by atoms with van der Waals surface area (Å²) in [6.07, 6.45) is 7.04. The lowest BCUT2D eigenvalue weighted by Gasteiger charge is -2.16. The fraction of sp³-hybridized carbons (Fsp3) is 0.476. The molecule has 0 atom stereocenters. The van der Waals surface area contributed by atoms with Crippen molar-refractivity contribution in [3.63, 3.8) is 0 Å². The van der Waals surface area contributed by atoms with Gasteiger partial charge in [0.2, 0.25) is 0 Å². The maximum Gasteiger partial charge on any atom is 0.272 e. The fourth-order valence-corrected chi connectivity index (χ4v) is 3.27. The third-order valence-corrected chi connectivity index (χ3v) is 4.60. The van der Waals surface area contributed by atoms with E-state index in [-0.39, 0.29) is 18.1 Å². The molecular weight excluding hydrogens is 340 g/mol. The molecule has 1 aliphatic carbocycles. The summed E-state index contributed by atoms with van der Waals surface area (Å²) in [6, 6.07) is 11.4. The lowest BCUT2D eigenvalue weighted by Crippen LogP contribution is -2.35. The molecule has 6 nitrogen and oxygen atoms in total. The molecule has 27 heavy (non-hydrogen) atoms. The Morgan fingerprint density at radius 1 is 1.04 bits per heavy atom. The third kappa shape index (κ3) is 5.67. The second-order valence-electron chi connectivity index (χ2n) is 7.25. The summed E-state index contributed by atoms with van der Waals surface area (Å²) in [4.78, 5) is 12.4. The Morgan fingerprint density at radius 2 is 1.78 bits per heavy atom. The zero-order valence-corrected chi connectivity index (χ0v) is 16.1. The molecule has 0 aliphatic heterocycles. The van der Waals surface area contributed by atoms with Crippen molar-refractivity contribution in [3.05, 3.63) is 42.1 Å². The van der Waals surface area contributed by atoms with Gasteiger partial charge in [-0.1, -0.05) is 37.8 Å². The first-order valence-electron chi connectivity index (χ1n) is 9.79. The van der Waals surface area contributed by atoms with E-state index in [1.807, 2.05) is 38.1 Å². The van der Waals surface area contributed by atoms with E-state index in [4.69, 9.17) is 4.74 Å². The van der Waals surface area contributed by atoms with Crippen LogP contribution in [0, 0.1) is 0 Å². The van der Waals surface area contributed by atoms with Crippen LogP contribution in [0.3, 0.4) is 0 Å². The lowest BCUT2D eigenvalue weighted by molar-refractivity contribution is 0.0927. The molecule has 0 unspecified atom stereocenters. The Balaban J connectivity index is 1.62. The van der Waals surface area contributed by atoms with Crippen LogP contribution in [0.1, 0.15) is 62.9 Å². The zero-order chi connectivity index (χ0) is 19.1. The summed E-state index contributed by atoms with van der Waals surface area (Å²) in [5.41, 5.74) is 1.16. The van der Waals surface area contributed by atoms with Crippen LogP contribution in [-0.2, 0) is 0 Å². The summed E-state index contributed by atoms with van der Waals surface area (Å²) in [7, 11) is 0. The van der Waals surface area contributed by atoms with E-state index >= 15 is 0 Å². The average Bonchev–Trinajstić information content (AvgIpc) is 2.92. The van der Waals surface area contributed by atoms with E-state index in [2.05, 4.69) is 20.8 Å². The Kier molecular flexibility index (Phi) is 6.63. The predicted molar refractivity (Wildman–Crippen MR) is 106 cm³/mol. The second kappa shape index (κ2) is 9.35. The van der Waals surface area contributed by atoms with Crippen molar-refractivity contribution in [2.24, 2.45) is 0 Å². The number of nitrogens with one attached hydrogen (secondary N) is 2. The fourth-order valence-electron chi connectivity index (χ4n) is 3.27. The maximum atomic E-state index is 12.4. The molecule has 1 amide bonds. The predicted octanol–water partition coefficient (Wildman–Crippen LogP) is 4.46. The minimum absolute atomic E-state index is 0.0779. The molecule has 1 fully saturated rings. The van der Waals surface area contributed by atoms with Crippen LogP contribution in [0.5, 0.6) is 5.75 Å². The van der Waals surface area contributed by atoms with Crippen molar-refractivity contribution in [3.8, 4) is 5.75 Å². The summed E-state index contributed by atoms with van der Waals surface area (Å²) < 4.78 is 5.80. The highest BCUT2D eigenvalue weighted by Crippen LogP contribution is 2.27. The number of para-hydroxylation sites is 2. The molecule has 0 saturated heterocycles. The molecule has 0 bridgehead atoms. The molecular formula is C21H28N4O2. The van der Waals surface area contributed by atoms with Crippen molar-refractivity contribution in [1.82, 2.24) is 15.5 Å². The topological polar surface area (TPSA) is 76.1 Å². The van der Waals surface area contributed by atoms with Gasteiger partial charge in [-0.15, -0.1) is 10.2 Å². The number of nitrogens with zero attached hydrogens (tertiary/aromatic N) is 2. The molecule has 1 saturated carbocycles. The van der Waals surface area contributed by atoms with Crippen molar-refractivity contribution in [1.29, 1.82) is 0 Å². The van der Waals surface area contributed by atoms with Gasteiger partial charge in [0, 0.05) is 6.04 Å². The number of rotatable bonds is 6. The average molecular weight is 368 g/mol. The Hall–Kier alpha value is -2.63. The molecule has 1 heterocycles. The van der Waals surface area contributed by atoms with Gasteiger partial charge in [-0.05, 0) is 51.0 Å². The zero-order valence-electron chi connectivity index (χ0n) is 16.1. The highest BCUT2D eigenvalue weighted by molar-refractivity contribution is 5.92. The Bertz CT molecular complexity index is 738. The van der Waals surface area contributed by atoms with Gasteiger partial charge < -0.3 is 15.4 Å². The summed E-state index contributed by atoms with van der Waals surface area (Å²) in [5.74, 6) is 1.18. The first-order valence-corrected chi connectivity index (χ1v) is 9.79. The van der Waals surface area contributed by atoms with Gasteiger partial charge in [-0.3, -0.25) is 4.79 Å². The molecule has 0 radical (unpaired) electrons. The monoisotopic (exact) mass is 368 g/mol. The summed E-state index contributed by atoms with van der Waals surface area (Å²) in [5, 5.41) is 14.5. The van der Waals surface area contributed by atoms with Crippen molar-refractivity contribution < 1.29 is 9.53 Å². The number of amides is 1. The normalized spacial score (nSPS) is 15.2. The minimum Gasteiger partial charge on any atom is -0.489 e. The first-order chi connectivity index (χ1) is 13.1. The molecule has 3 rings (SSSR count). The number of hydrogen-bond acceptors (Lipinski definition) is 5. The van der Waals surface area contributed by atoms with Gasteiger partial charge in [0.15, 0.2) is 11.5 Å². The van der Waals surface area contributed by atoms with Crippen LogP contribution in [0.25, 0.3) is 0 Å². The Morgan fingerprint density at radius 3 is 2.44 bits per heavy atom. The highest BCUT2D eigenvalue weighted by atomic mass is 16.5. The number of carbonyl (C=O) groups is 1. The number of benzene rings is 1. The minimum atomic E-state index is -0.149. The molecule has 2 N–H and O–H groups in total. The van der Waals surface area contributed by atoms with Crippen LogP contribution in [0.15, 0.2) is 36.4 Å². The van der Waals surface area contributed by atoms with E-state index in [0.717, 1.165) is 24.3 Å². The smallest absolute Gasteiger partial charge is 0.272 e. The maximum absolute atomic E-state index is 12.4. The quantitative estimate of drug-likeness (QED) is 0.736. The second-order valence-corrected chi connectivity index (χ2v) is 7.25. The number of hydrogen-bond donors (Lipinski definition) is 2. The van der Waals surface area contributed by atoms with E-state index in [1.54, 1.807) is 12.1 Å². The number of carbonyl (C=O) groups excluding carboxylic acids is 1. The van der Waals surface area contributed by atoms with E-state index < -0.39 is 0 Å². The van der Waals surface area contributed by atoms with Crippen LogP contribution in [0.4, 0.5) is 11.5 Å². The standard InChI is InChI=1S/C21H28N4O2/c1-15(2)27-19-12-8-7-11-17(19)23-20-14-13-18(24-25-20)21(26)22-16-9-5-3-4-6-10-16/h7-8,11-16H,3-6,9-10H2,1-2H3,(H,22,26)(H,23,25). The first kappa shape index (κ1) is 19.1. The van der Waals surface area contributed by atoms with E-state index in [0.29, 0.717) is 11.5 Å². The molecule has 1 aliphatic rings. The highest BCUT2D eigenvalue weighted by Gasteiger charge is 2.17. The van der Waals surface area contributed by atoms with E-state index in [9.17, 15) is 4.79 Å². The van der Waals surface area contributed by atoms with Crippen molar-refractivity contribution in [2.75, 3.05) is 5.32 Å². The van der Waals surface area contributed by atoms with Crippen LogP contribution < -0.4 is 15.4 Å². The molecule has 0 spiro atoms. The largest absolute Gasteiger partial charge is 0.489 e. The summed E-state index contributed by atoms with van der Waals surface area (Å²) >= 11 is 0. The van der Waals surface area contributed by atoms with E-state index in [1.165, 1.54) is 25.7 Å². The van der Waals surface area contributed by atoms with Gasteiger partial charge in [0.05, 0.1) is 11.8 Å². The van der Waals surface area contributed by atoms with Crippen LogP contribution in [-0.4, -0.2) is 28.3 Å². The lowest BCUT2D eigenvalue weighted by atomic mass is 10.1. The SMILES string of the molecule is CC(C)Oc1ccccc1Nc1ccc(C(=O)NC2CCCCCC2)nn1. The molecule has 2 aromatic rings. The van der Waals surface area contributed by atoms with Gasteiger partial charge in [0.25, 0.3) is 5.91 Å². The number of aromatic nitrogens is 2. The van der Waals surface area contributed by atoms with Crippen LogP contribution in [0.2, 0.25) is 0 Å². The van der Waals surface area contributed by atoms with Gasteiger partial charge in [0.1, 0.15) is 5.75 Å². The molecule has 1 aromatic carbocycles. The van der Waals surface area contributed by atoms with Crippen molar-refractivity contribution >= 4 is 17.4 Å². The Labute approximate surface area is 160 Å². The number of anilines is 2. The third-order valence-electron chi connectivity index (χ3n) is 4.60. The number of ether oxygens (including phenoxy) is 1. The van der Waals surface area contributed by atoms with Crippen molar-refractivity contribution in [2.45, 2.75) is 64.5 Å². The summed E-state index contributed by atoms with van der Waals surface area (Å²) in [6.45, 7) is 3.97. The van der Waals surface area contributed by atoms with Gasteiger partial charge >= 0.3 is 0 Å². The molecule has 144 valence electrons. The molecule has 1 aromatic heterocycles. The van der Waals surface area contributed by atoms with Crippen LogP contribution >= 0.6 is 0 Å². The molecule has 6 heteroatoms. The van der Waals surface area contributed by atoms with Gasteiger partial charge in [-0.2, -0.15) is 0 Å². The van der Waals surface area contributed by atoms with Gasteiger partial charge in [-0.25, -0.2) is 0 Å².